The van der Waals surface area contributed by atoms with Gasteiger partial charge in [-0.3, -0.25) is 10.1 Å². The number of carbonyl (C=O) groups excluding carboxylic acids is 1. The highest BCUT2D eigenvalue weighted by Crippen LogP contribution is 2.48. The molecule has 1 amide bonds. The zero-order valence-electron chi connectivity index (χ0n) is 18.1. The Hall–Kier alpha value is -3.67. The summed E-state index contributed by atoms with van der Waals surface area (Å²) in [7, 11) is 2.71. The van der Waals surface area contributed by atoms with E-state index < -0.39 is 23.8 Å². The van der Waals surface area contributed by atoms with Crippen LogP contribution in [0.25, 0.3) is 11.3 Å². The molecule has 1 aromatic carbocycles. The van der Waals surface area contributed by atoms with Gasteiger partial charge in [-0.25, -0.2) is 15.0 Å². The maximum Gasteiger partial charge on any atom is 0.416 e. The van der Waals surface area contributed by atoms with Crippen LogP contribution in [0.15, 0.2) is 37.2 Å². The van der Waals surface area contributed by atoms with E-state index in [1.807, 2.05) is 0 Å². The van der Waals surface area contributed by atoms with Gasteiger partial charge in [0, 0.05) is 5.56 Å². The zero-order chi connectivity index (χ0) is 24.5. The van der Waals surface area contributed by atoms with Crippen molar-refractivity contribution in [3.63, 3.8) is 0 Å². The molecule has 0 fully saturated rings. The Morgan fingerprint density at radius 1 is 1.26 bits per heavy atom. The topological polar surface area (TPSA) is 95.5 Å². The molecule has 1 N–H and O–H groups in total. The number of halogens is 3. The smallest absolute Gasteiger partial charge is 0.416 e. The summed E-state index contributed by atoms with van der Waals surface area (Å²) in [4.78, 5) is 26.0. The van der Waals surface area contributed by atoms with Gasteiger partial charge in [0.1, 0.15) is 18.2 Å². The molecule has 1 atom stereocenters. The third kappa shape index (κ3) is 4.40. The number of carbonyl (C=O) groups is 1. The van der Waals surface area contributed by atoms with Crippen LogP contribution >= 0.6 is 11.3 Å². The van der Waals surface area contributed by atoms with Gasteiger partial charge >= 0.3 is 6.18 Å². The molecule has 2 aromatic heterocycles. The van der Waals surface area contributed by atoms with Crippen LogP contribution in [-0.2, 0) is 6.18 Å². The molecule has 3 heterocycles. The summed E-state index contributed by atoms with van der Waals surface area (Å²) in [5, 5.41) is 2.91. The minimum atomic E-state index is -4.51. The maximum absolute atomic E-state index is 13.2. The van der Waals surface area contributed by atoms with Crippen LogP contribution in [0.1, 0.15) is 39.7 Å². The number of benzene rings is 1. The number of amides is 1. The van der Waals surface area contributed by atoms with Crippen molar-refractivity contribution >= 4 is 22.4 Å². The Labute approximate surface area is 196 Å². The SMILES string of the molecule is C=CCCC1Oc2cc(C(F)(F)F)ccc2-c2nc(NC(=O)c3c(OC)ncnc3OC)sc21. The Balaban J connectivity index is 1.72. The Bertz CT molecular complexity index is 1220. The van der Waals surface area contributed by atoms with Gasteiger partial charge in [0.05, 0.1) is 30.4 Å². The monoisotopic (exact) mass is 492 g/mol. The lowest BCUT2D eigenvalue weighted by molar-refractivity contribution is -0.137. The second-order valence-corrected chi connectivity index (χ2v) is 8.17. The quantitative estimate of drug-likeness (QED) is 0.448. The molecule has 178 valence electrons. The summed E-state index contributed by atoms with van der Waals surface area (Å²) < 4.78 is 55.9. The molecule has 8 nitrogen and oxygen atoms in total. The summed E-state index contributed by atoms with van der Waals surface area (Å²) in [6, 6.07) is 3.27. The molecular formula is C22H19F3N4O4S. The van der Waals surface area contributed by atoms with E-state index in [9.17, 15) is 18.0 Å². The summed E-state index contributed by atoms with van der Waals surface area (Å²) in [5.41, 5.74) is 0.0277. The van der Waals surface area contributed by atoms with Crippen molar-refractivity contribution in [3.05, 3.63) is 53.2 Å². The van der Waals surface area contributed by atoms with Crippen LogP contribution in [0.3, 0.4) is 0 Å². The number of anilines is 1. The fraction of sp³-hybridized carbons (Fsp3) is 0.273. The number of allylic oxidation sites excluding steroid dienone is 1. The second kappa shape index (κ2) is 9.29. The highest BCUT2D eigenvalue weighted by Gasteiger charge is 2.35. The highest BCUT2D eigenvalue weighted by molar-refractivity contribution is 7.16. The van der Waals surface area contributed by atoms with Crippen LogP contribution in [0.4, 0.5) is 18.3 Å². The zero-order valence-corrected chi connectivity index (χ0v) is 18.9. The van der Waals surface area contributed by atoms with Crippen molar-refractivity contribution in [1.82, 2.24) is 15.0 Å². The molecule has 4 rings (SSSR count). The predicted molar refractivity (Wildman–Crippen MR) is 118 cm³/mol. The number of thiazole rings is 1. The number of hydrogen-bond acceptors (Lipinski definition) is 8. The molecule has 3 aromatic rings. The Kier molecular flexibility index (Phi) is 6.42. The van der Waals surface area contributed by atoms with E-state index in [2.05, 4.69) is 26.8 Å². The van der Waals surface area contributed by atoms with Crippen molar-refractivity contribution in [2.24, 2.45) is 0 Å². The van der Waals surface area contributed by atoms with Crippen LogP contribution in [0.2, 0.25) is 0 Å². The van der Waals surface area contributed by atoms with Gasteiger partial charge < -0.3 is 14.2 Å². The number of nitrogens with zero attached hydrogens (tertiary/aromatic N) is 3. The second-order valence-electron chi connectivity index (χ2n) is 7.13. The fourth-order valence-electron chi connectivity index (χ4n) is 3.47. The standard InChI is InChI=1S/C22H19F3N4O4S/c1-4-5-6-13-17-16(12-8-7-11(22(23,24)25)9-14(12)33-13)28-21(34-17)29-18(30)15-19(31-2)26-10-27-20(15)32-3/h4,7-10,13H,1,5-6H2,2-3H3,(H,28,29,30). The minimum absolute atomic E-state index is 0.0166. The minimum Gasteiger partial charge on any atom is -0.484 e. The van der Waals surface area contributed by atoms with Gasteiger partial charge in [-0.1, -0.05) is 17.4 Å². The first-order valence-corrected chi connectivity index (χ1v) is 10.8. The Morgan fingerprint density at radius 2 is 1.97 bits per heavy atom. The van der Waals surface area contributed by atoms with E-state index >= 15 is 0 Å². The normalized spacial score (nSPS) is 14.4. The van der Waals surface area contributed by atoms with E-state index in [-0.39, 0.29) is 28.2 Å². The van der Waals surface area contributed by atoms with E-state index in [4.69, 9.17) is 14.2 Å². The van der Waals surface area contributed by atoms with Gasteiger partial charge in [0.25, 0.3) is 5.91 Å². The highest BCUT2D eigenvalue weighted by atomic mass is 32.1. The molecular weight excluding hydrogens is 473 g/mol. The first kappa shape index (κ1) is 23.5. The van der Waals surface area contributed by atoms with Crippen molar-refractivity contribution < 1.29 is 32.2 Å². The molecule has 34 heavy (non-hydrogen) atoms. The fourth-order valence-corrected chi connectivity index (χ4v) is 4.51. The van der Waals surface area contributed by atoms with E-state index in [1.54, 1.807) is 6.08 Å². The summed E-state index contributed by atoms with van der Waals surface area (Å²) in [6.07, 6.45) is -1.10. The molecule has 1 unspecified atom stereocenters. The van der Waals surface area contributed by atoms with Crippen LogP contribution in [-0.4, -0.2) is 35.1 Å². The largest absolute Gasteiger partial charge is 0.484 e. The molecule has 0 saturated heterocycles. The molecule has 1 aliphatic rings. The first-order chi connectivity index (χ1) is 16.3. The summed E-state index contributed by atoms with van der Waals surface area (Å²) >= 11 is 1.17. The number of alkyl halides is 3. The lowest BCUT2D eigenvalue weighted by Crippen LogP contribution is -2.16. The summed E-state index contributed by atoms with van der Waals surface area (Å²) in [6.45, 7) is 3.69. The van der Waals surface area contributed by atoms with Crippen LogP contribution in [0.5, 0.6) is 17.5 Å². The third-order valence-corrected chi connectivity index (χ3v) is 6.09. The first-order valence-electron chi connectivity index (χ1n) is 10.0. The molecule has 0 saturated carbocycles. The average Bonchev–Trinajstić information content (AvgIpc) is 3.24. The van der Waals surface area contributed by atoms with Crippen molar-refractivity contribution in [3.8, 4) is 28.8 Å². The third-order valence-electron chi connectivity index (χ3n) is 5.02. The van der Waals surface area contributed by atoms with E-state index in [1.165, 1.54) is 38.0 Å². The number of fused-ring (bicyclic) bond motifs is 3. The summed E-state index contributed by atoms with van der Waals surface area (Å²) in [5.74, 6) is -0.498. The van der Waals surface area contributed by atoms with Crippen molar-refractivity contribution in [2.45, 2.75) is 25.1 Å². The van der Waals surface area contributed by atoms with E-state index in [0.29, 0.717) is 29.0 Å². The number of hydrogen-bond donors (Lipinski definition) is 1. The lowest BCUT2D eigenvalue weighted by atomic mass is 10.00. The molecule has 1 aliphatic heterocycles. The van der Waals surface area contributed by atoms with Gasteiger partial charge in [0.15, 0.2) is 10.7 Å². The van der Waals surface area contributed by atoms with Gasteiger partial charge in [0.2, 0.25) is 11.8 Å². The molecule has 0 bridgehead atoms. The number of methoxy groups -OCH3 is 2. The number of ether oxygens (including phenoxy) is 3. The molecule has 12 heteroatoms. The predicted octanol–water partition coefficient (Wildman–Crippen LogP) is 5.29. The molecule has 0 spiro atoms. The number of rotatable bonds is 7. The van der Waals surface area contributed by atoms with Crippen LogP contribution < -0.4 is 19.5 Å². The van der Waals surface area contributed by atoms with Gasteiger partial charge in [-0.15, -0.1) is 6.58 Å². The molecule has 0 radical (unpaired) electrons. The van der Waals surface area contributed by atoms with Crippen molar-refractivity contribution in [2.75, 3.05) is 19.5 Å². The lowest BCUT2D eigenvalue weighted by Gasteiger charge is -2.25. The van der Waals surface area contributed by atoms with Crippen LogP contribution in [0, 0.1) is 0 Å². The Morgan fingerprint density at radius 3 is 2.59 bits per heavy atom. The average molecular weight is 492 g/mol. The van der Waals surface area contributed by atoms with Gasteiger partial charge in [-0.05, 0) is 31.0 Å². The maximum atomic E-state index is 13.2. The van der Waals surface area contributed by atoms with Crippen molar-refractivity contribution in [1.29, 1.82) is 0 Å². The molecule has 0 aliphatic carbocycles. The number of nitrogens with one attached hydrogen (secondary N) is 1. The van der Waals surface area contributed by atoms with E-state index in [0.717, 1.165) is 12.1 Å². The number of aromatic nitrogens is 3. The van der Waals surface area contributed by atoms with Gasteiger partial charge in [-0.2, -0.15) is 13.2 Å².